The van der Waals surface area contributed by atoms with Gasteiger partial charge >= 0.3 is 0 Å². The molecule has 0 aromatic heterocycles. The molecule has 0 aromatic rings. The van der Waals surface area contributed by atoms with Crippen LogP contribution in [0.3, 0.4) is 0 Å². The van der Waals surface area contributed by atoms with E-state index in [-0.39, 0.29) is 0 Å². The van der Waals surface area contributed by atoms with E-state index in [1.807, 2.05) is 0 Å². The standard InChI is InChI=1S/C16H33N/c1-3-4-5-6-7-8-9-14(2)15-10-12-16(17)13-11-15/h14-16H,3-13,17H2,1-2H3/t14?,15-,16-. The molecule has 0 aliphatic heterocycles. The summed E-state index contributed by atoms with van der Waals surface area (Å²) in [7, 11) is 0. The van der Waals surface area contributed by atoms with Gasteiger partial charge in [-0.1, -0.05) is 58.8 Å². The Hall–Kier alpha value is -0.0400. The van der Waals surface area contributed by atoms with Crippen molar-refractivity contribution in [3.05, 3.63) is 0 Å². The Morgan fingerprint density at radius 3 is 2.18 bits per heavy atom. The third-order valence-electron chi connectivity index (χ3n) is 4.63. The minimum Gasteiger partial charge on any atom is -0.328 e. The van der Waals surface area contributed by atoms with Crippen LogP contribution in [0.4, 0.5) is 0 Å². The number of nitrogens with two attached hydrogens (primary N) is 1. The van der Waals surface area contributed by atoms with Crippen LogP contribution in [0.5, 0.6) is 0 Å². The fourth-order valence-corrected chi connectivity index (χ4v) is 3.20. The molecule has 0 bridgehead atoms. The molecule has 1 saturated carbocycles. The summed E-state index contributed by atoms with van der Waals surface area (Å²) in [5, 5.41) is 0. The molecule has 0 saturated heterocycles. The number of hydrogen-bond donors (Lipinski definition) is 1. The SMILES string of the molecule is CCCCCCCCC(C)[C@H]1CC[C@H](N)CC1. The molecular weight excluding hydrogens is 206 g/mol. The van der Waals surface area contributed by atoms with Crippen molar-refractivity contribution >= 4 is 0 Å². The van der Waals surface area contributed by atoms with Crippen molar-refractivity contribution < 1.29 is 0 Å². The van der Waals surface area contributed by atoms with E-state index in [1.54, 1.807) is 0 Å². The highest BCUT2D eigenvalue weighted by molar-refractivity contribution is 4.77. The van der Waals surface area contributed by atoms with Gasteiger partial charge in [-0.15, -0.1) is 0 Å². The molecule has 1 atom stereocenters. The summed E-state index contributed by atoms with van der Waals surface area (Å²) >= 11 is 0. The molecule has 1 fully saturated rings. The van der Waals surface area contributed by atoms with Gasteiger partial charge in [0.15, 0.2) is 0 Å². The van der Waals surface area contributed by atoms with Crippen molar-refractivity contribution in [2.24, 2.45) is 17.6 Å². The summed E-state index contributed by atoms with van der Waals surface area (Å²) in [4.78, 5) is 0. The quantitative estimate of drug-likeness (QED) is 0.600. The van der Waals surface area contributed by atoms with Crippen LogP contribution in [0.2, 0.25) is 0 Å². The van der Waals surface area contributed by atoms with Crippen LogP contribution in [0, 0.1) is 11.8 Å². The van der Waals surface area contributed by atoms with E-state index in [9.17, 15) is 0 Å². The Labute approximate surface area is 109 Å². The lowest BCUT2D eigenvalue weighted by molar-refractivity contribution is 0.232. The van der Waals surface area contributed by atoms with Crippen molar-refractivity contribution in [2.75, 3.05) is 0 Å². The zero-order valence-corrected chi connectivity index (χ0v) is 12.1. The predicted octanol–water partition coefficient (Wildman–Crippen LogP) is 4.89. The third kappa shape index (κ3) is 6.45. The first kappa shape index (κ1) is 15.0. The summed E-state index contributed by atoms with van der Waals surface area (Å²) in [6, 6.07) is 0.507. The Bertz CT molecular complexity index is 170. The fourth-order valence-electron chi connectivity index (χ4n) is 3.20. The van der Waals surface area contributed by atoms with Crippen LogP contribution in [-0.4, -0.2) is 6.04 Å². The molecular formula is C16H33N. The molecule has 1 rings (SSSR count). The van der Waals surface area contributed by atoms with Gasteiger partial charge in [0.25, 0.3) is 0 Å². The summed E-state index contributed by atoms with van der Waals surface area (Å²) in [5.41, 5.74) is 5.97. The van der Waals surface area contributed by atoms with Crippen LogP contribution in [0.15, 0.2) is 0 Å². The van der Waals surface area contributed by atoms with E-state index in [2.05, 4.69) is 13.8 Å². The summed E-state index contributed by atoms with van der Waals surface area (Å²) in [6.45, 7) is 4.75. The first-order chi connectivity index (χ1) is 8.24. The molecule has 1 heteroatoms. The van der Waals surface area contributed by atoms with E-state index >= 15 is 0 Å². The first-order valence-corrected chi connectivity index (χ1v) is 7.99. The minimum absolute atomic E-state index is 0.507. The molecule has 2 N–H and O–H groups in total. The van der Waals surface area contributed by atoms with Crippen LogP contribution in [0.1, 0.15) is 84.5 Å². The molecule has 0 radical (unpaired) electrons. The largest absolute Gasteiger partial charge is 0.328 e. The smallest absolute Gasteiger partial charge is 0.00390 e. The van der Waals surface area contributed by atoms with Crippen LogP contribution in [0.25, 0.3) is 0 Å². The fraction of sp³-hybridized carbons (Fsp3) is 1.00. The Balaban J connectivity index is 1.99. The van der Waals surface area contributed by atoms with E-state index in [4.69, 9.17) is 5.73 Å². The predicted molar refractivity (Wildman–Crippen MR) is 77.1 cm³/mol. The van der Waals surface area contributed by atoms with Gasteiger partial charge in [0, 0.05) is 6.04 Å². The van der Waals surface area contributed by atoms with Gasteiger partial charge in [0.05, 0.1) is 0 Å². The van der Waals surface area contributed by atoms with Crippen LogP contribution < -0.4 is 5.73 Å². The second-order valence-electron chi connectivity index (χ2n) is 6.21. The molecule has 1 nitrogen and oxygen atoms in total. The average Bonchev–Trinajstić information content (AvgIpc) is 2.34. The molecule has 0 spiro atoms. The lowest BCUT2D eigenvalue weighted by atomic mass is 9.77. The molecule has 0 aromatic carbocycles. The molecule has 0 amide bonds. The van der Waals surface area contributed by atoms with Gasteiger partial charge in [0.1, 0.15) is 0 Å². The third-order valence-corrected chi connectivity index (χ3v) is 4.63. The topological polar surface area (TPSA) is 26.0 Å². The number of hydrogen-bond acceptors (Lipinski definition) is 1. The molecule has 17 heavy (non-hydrogen) atoms. The van der Waals surface area contributed by atoms with Crippen molar-refractivity contribution in [3.8, 4) is 0 Å². The van der Waals surface area contributed by atoms with Gasteiger partial charge in [0.2, 0.25) is 0 Å². The average molecular weight is 239 g/mol. The summed E-state index contributed by atoms with van der Waals surface area (Å²) < 4.78 is 0. The maximum atomic E-state index is 5.97. The number of rotatable bonds is 8. The zero-order valence-electron chi connectivity index (χ0n) is 12.1. The number of unbranched alkanes of at least 4 members (excludes halogenated alkanes) is 5. The zero-order chi connectivity index (χ0) is 12.5. The molecule has 1 aliphatic carbocycles. The minimum atomic E-state index is 0.507. The second-order valence-corrected chi connectivity index (χ2v) is 6.21. The van der Waals surface area contributed by atoms with E-state index in [0.29, 0.717) is 6.04 Å². The summed E-state index contributed by atoms with van der Waals surface area (Å²) in [6.07, 6.45) is 15.4. The Kier molecular flexibility index (Phi) is 7.92. The highest BCUT2D eigenvalue weighted by Gasteiger charge is 2.22. The molecule has 1 aliphatic rings. The van der Waals surface area contributed by atoms with Gasteiger partial charge in [-0.3, -0.25) is 0 Å². The van der Waals surface area contributed by atoms with Crippen molar-refractivity contribution in [2.45, 2.75) is 90.5 Å². The Morgan fingerprint density at radius 2 is 1.53 bits per heavy atom. The second kappa shape index (κ2) is 8.97. The van der Waals surface area contributed by atoms with Crippen molar-refractivity contribution in [1.82, 2.24) is 0 Å². The Morgan fingerprint density at radius 1 is 0.941 bits per heavy atom. The molecule has 1 unspecified atom stereocenters. The van der Waals surface area contributed by atoms with Crippen molar-refractivity contribution in [3.63, 3.8) is 0 Å². The lowest BCUT2D eigenvalue weighted by Crippen LogP contribution is -2.28. The first-order valence-electron chi connectivity index (χ1n) is 7.99. The van der Waals surface area contributed by atoms with E-state index in [0.717, 1.165) is 11.8 Å². The van der Waals surface area contributed by atoms with E-state index in [1.165, 1.54) is 70.6 Å². The highest BCUT2D eigenvalue weighted by atomic mass is 14.6. The van der Waals surface area contributed by atoms with Gasteiger partial charge < -0.3 is 5.73 Å². The van der Waals surface area contributed by atoms with Gasteiger partial charge in [-0.2, -0.15) is 0 Å². The van der Waals surface area contributed by atoms with Gasteiger partial charge in [-0.05, 0) is 37.5 Å². The van der Waals surface area contributed by atoms with Gasteiger partial charge in [-0.25, -0.2) is 0 Å². The van der Waals surface area contributed by atoms with Crippen molar-refractivity contribution in [1.29, 1.82) is 0 Å². The lowest BCUT2D eigenvalue weighted by Gasteiger charge is -2.30. The maximum Gasteiger partial charge on any atom is 0.00390 e. The summed E-state index contributed by atoms with van der Waals surface area (Å²) in [5.74, 6) is 1.92. The van der Waals surface area contributed by atoms with Crippen LogP contribution >= 0.6 is 0 Å². The van der Waals surface area contributed by atoms with E-state index < -0.39 is 0 Å². The highest BCUT2D eigenvalue weighted by Crippen LogP contribution is 2.32. The molecule has 102 valence electrons. The molecule has 0 heterocycles. The monoisotopic (exact) mass is 239 g/mol. The van der Waals surface area contributed by atoms with Crippen LogP contribution in [-0.2, 0) is 0 Å². The maximum absolute atomic E-state index is 5.97. The normalized spacial score (nSPS) is 27.0.